The number of amides is 2. The molecule has 156 valence electrons. The topological polar surface area (TPSA) is 85.7 Å². The number of hydrogen-bond acceptors (Lipinski definition) is 5. The lowest BCUT2D eigenvalue weighted by Crippen LogP contribution is -2.28. The van der Waals surface area contributed by atoms with Crippen LogP contribution in [0.25, 0.3) is 0 Å². The average molecular weight is 408 g/mol. The van der Waals surface area contributed by atoms with Gasteiger partial charge in [-0.25, -0.2) is 4.79 Å². The third-order valence-corrected chi connectivity index (χ3v) is 5.21. The summed E-state index contributed by atoms with van der Waals surface area (Å²) in [5.74, 6) is -1.25. The second-order valence-corrected chi connectivity index (χ2v) is 7.25. The van der Waals surface area contributed by atoms with Crippen LogP contribution in [0.5, 0.6) is 0 Å². The lowest BCUT2D eigenvalue weighted by molar-refractivity contribution is -0.139. The van der Waals surface area contributed by atoms with Gasteiger partial charge in [-0.2, -0.15) is 0 Å². The van der Waals surface area contributed by atoms with E-state index in [1.54, 1.807) is 36.4 Å². The molecule has 7 heteroatoms. The van der Waals surface area contributed by atoms with Crippen LogP contribution in [0.2, 0.25) is 0 Å². The van der Waals surface area contributed by atoms with Crippen LogP contribution in [0.4, 0.5) is 0 Å². The monoisotopic (exact) mass is 408 g/mol. The van der Waals surface area contributed by atoms with Gasteiger partial charge in [0.25, 0.3) is 0 Å². The van der Waals surface area contributed by atoms with E-state index in [1.807, 2.05) is 18.4 Å². The Morgan fingerprint density at radius 1 is 1.10 bits per heavy atom. The van der Waals surface area contributed by atoms with Gasteiger partial charge in [-0.3, -0.25) is 19.3 Å². The van der Waals surface area contributed by atoms with Crippen molar-refractivity contribution < 1.29 is 23.9 Å². The lowest BCUT2D eigenvalue weighted by Gasteiger charge is -2.13. The predicted octanol–water partition coefficient (Wildman–Crippen LogP) is 2.98. The number of nitrogens with zero attached hydrogens (tertiary/aromatic N) is 2. The molecule has 7 nitrogen and oxygen atoms in total. The minimum atomic E-state index is -0.608. The van der Waals surface area contributed by atoms with Crippen molar-refractivity contribution in [2.24, 2.45) is 0 Å². The number of benzene rings is 1. The Morgan fingerprint density at radius 2 is 1.73 bits per heavy atom. The zero-order valence-corrected chi connectivity index (χ0v) is 17.1. The molecule has 30 heavy (non-hydrogen) atoms. The van der Waals surface area contributed by atoms with E-state index < -0.39 is 5.97 Å². The molecule has 0 aliphatic carbocycles. The molecule has 1 saturated heterocycles. The zero-order valence-electron chi connectivity index (χ0n) is 17.1. The number of Topliss-reactive ketones (excluding diaryl/α,β-unsaturated/α-hetero) is 1. The van der Waals surface area contributed by atoms with E-state index >= 15 is 0 Å². The molecule has 2 amide bonds. The second kappa shape index (κ2) is 8.90. The molecule has 2 aromatic rings. The molecule has 1 aromatic heterocycles. The summed E-state index contributed by atoms with van der Waals surface area (Å²) in [6.45, 7) is 7.91. The molecule has 0 atom stereocenters. The van der Waals surface area contributed by atoms with Gasteiger partial charge in [0.15, 0.2) is 6.61 Å². The minimum Gasteiger partial charge on any atom is -0.454 e. The van der Waals surface area contributed by atoms with Crippen LogP contribution >= 0.6 is 0 Å². The summed E-state index contributed by atoms with van der Waals surface area (Å²) in [5, 5.41) is 0. The Labute approximate surface area is 174 Å². The van der Waals surface area contributed by atoms with Gasteiger partial charge in [0, 0.05) is 36.3 Å². The molecule has 0 N–H and O–H groups in total. The van der Waals surface area contributed by atoms with Crippen LogP contribution in [0.3, 0.4) is 0 Å². The fourth-order valence-electron chi connectivity index (χ4n) is 3.51. The number of allylic oxidation sites excluding steroid dienone is 1. The molecule has 3 rings (SSSR count). The molecule has 0 spiro atoms. The number of carbonyl (C=O) groups is 4. The van der Waals surface area contributed by atoms with Crippen molar-refractivity contribution in [2.75, 3.05) is 6.61 Å². The number of likely N-dealkylation sites (tertiary alicyclic amines) is 1. The number of ketones is 1. The first kappa shape index (κ1) is 21.2. The van der Waals surface area contributed by atoms with Gasteiger partial charge in [-0.15, -0.1) is 6.58 Å². The molecule has 1 aliphatic rings. The number of imide groups is 1. The molecule has 1 aliphatic heterocycles. The van der Waals surface area contributed by atoms with Gasteiger partial charge in [0.2, 0.25) is 17.6 Å². The largest absolute Gasteiger partial charge is 0.454 e. The summed E-state index contributed by atoms with van der Waals surface area (Å²) in [6, 6.07) is 8.23. The number of aryl methyl sites for hydroxylation is 1. The molecule has 1 aromatic carbocycles. The number of ether oxygens (including phenoxy) is 1. The number of aromatic nitrogens is 1. The molecule has 0 radical (unpaired) electrons. The maximum absolute atomic E-state index is 12.5. The van der Waals surface area contributed by atoms with Crippen LogP contribution in [-0.4, -0.2) is 39.6 Å². The fraction of sp³-hybridized carbons (Fsp3) is 0.304. The highest BCUT2D eigenvalue weighted by Gasteiger charge is 2.28. The van der Waals surface area contributed by atoms with Crippen molar-refractivity contribution in [3.8, 4) is 0 Å². The molecule has 0 bridgehead atoms. The third kappa shape index (κ3) is 4.40. The van der Waals surface area contributed by atoms with Gasteiger partial charge in [0.05, 0.1) is 12.1 Å². The quantitative estimate of drug-likeness (QED) is 0.290. The number of rotatable bonds is 8. The van der Waals surface area contributed by atoms with Crippen LogP contribution in [-0.2, 0) is 27.4 Å². The number of esters is 1. The highest BCUT2D eigenvalue weighted by atomic mass is 16.5. The summed E-state index contributed by atoms with van der Waals surface area (Å²) in [4.78, 5) is 49.4. The van der Waals surface area contributed by atoms with Gasteiger partial charge in [0.1, 0.15) is 0 Å². The summed E-state index contributed by atoms with van der Waals surface area (Å²) >= 11 is 0. The van der Waals surface area contributed by atoms with Crippen LogP contribution < -0.4 is 0 Å². The number of carbonyl (C=O) groups excluding carboxylic acids is 4. The van der Waals surface area contributed by atoms with E-state index in [0.29, 0.717) is 17.7 Å². The maximum atomic E-state index is 12.5. The summed E-state index contributed by atoms with van der Waals surface area (Å²) in [7, 11) is 0. The molecular weight excluding hydrogens is 384 g/mol. The first-order valence-electron chi connectivity index (χ1n) is 9.72. The smallest absolute Gasteiger partial charge is 0.338 e. The molecule has 2 heterocycles. The van der Waals surface area contributed by atoms with Crippen molar-refractivity contribution >= 4 is 23.6 Å². The van der Waals surface area contributed by atoms with Gasteiger partial charge < -0.3 is 9.30 Å². The Kier molecular flexibility index (Phi) is 6.30. The van der Waals surface area contributed by atoms with Crippen LogP contribution in [0.1, 0.15) is 50.5 Å². The van der Waals surface area contributed by atoms with Crippen LogP contribution in [0.15, 0.2) is 43.0 Å². The zero-order chi connectivity index (χ0) is 21.8. The standard InChI is InChI=1S/C23H24N2O5/c1-4-11-24-15(2)12-19(16(24)3)20(26)14-30-23(29)18-7-5-17(6-8-18)13-25-21(27)9-10-22(25)28/h4-8,12H,1,9-11,13-14H2,2-3H3. The lowest BCUT2D eigenvalue weighted by atomic mass is 10.1. The Balaban J connectivity index is 1.59. The maximum Gasteiger partial charge on any atom is 0.338 e. The Morgan fingerprint density at radius 3 is 2.33 bits per heavy atom. The van der Waals surface area contributed by atoms with E-state index in [1.165, 1.54) is 4.90 Å². The fourth-order valence-corrected chi connectivity index (χ4v) is 3.51. The Bertz CT molecular complexity index is 1000. The van der Waals surface area contributed by atoms with Gasteiger partial charge in [-0.1, -0.05) is 18.2 Å². The van der Waals surface area contributed by atoms with Crippen molar-refractivity contribution in [3.05, 3.63) is 71.1 Å². The summed E-state index contributed by atoms with van der Waals surface area (Å²) < 4.78 is 7.15. The van der Waals surface area contributed by atoms with Gasteiger partial charge >= 0.3 is 5.97 Å². The van der Waals surface area contributed by atoms with Crippen molar-refractivity contribution in [2.45, 2.75) is 39.8 Å². The Hall–Kier alpha value is -3.48. The van der Waals surface area contributed by atoms with Crippen molar-refractivity contribution in [3.63, 3.8) is 0 Å². The minimum absolute atomic E-state index is 0.186. The highest BCUT2D eigenvalue weighted by molar-refractivity contribution is 6.02. The second-order valence-electron chi connectivity index (χ2n) is 7.25. The average Bonchev–Trinajstić information content (AvgIpc) is 3.20. The normalized spacial score (nSPS) is 13.6. The molecular formula is C23H24N2O5. The van der Waals surface area contributed by atoms with E-state index in [9.17, 15) is 19.2 Å². The molecule has 0 unspecified atom stereocenters. The van der Waals surface area contributed by atoms with Crippen molar-refractivity contribution in [1.82, 2.24) is 9.47 Å². The van der Waals surface area contributed by atoms with E-state index in [-0.39, 0.29) is 43.6 Å². The first-order chi connectivity index (χ1) is 14.3. The predicted molar refractivity (Wildman–Crippen MR) is 110 cm³/mol. The molecule has 0 saturated carbocycles. The van der Waals surface area contributed by atoms with Crippen molar-refractivity contribution in [1.29, 1.82) is 0 Å². The van der Waals surface area contributed by atoms with Gasteiger partial charge in [-0.05, 0) is 37.6 Å². The summed E-state index contributed by atoms with van der Waals surface area (Å²) in [6.07, 6.45) is 2.24. The summed E-state index contributed by atoms with van der Waals surface area (Å²) in [5.41, 5.74) is 3.30. The highest BCUT2D eigenvalue weighted by Crippen LogP contribution is 2.18. The third-order valence-electron chi connectivity index (χ3n) is 5.21. The SMILES string of the molecule is C=CCn1c(C)cc(C(=O)COC(=O)c2ccc(CN3C(=O)CCC3=O)cc2)c1C. The number of hydrogen-bond donors (Lipinski definition) is 0. The van der Waals surface area contributed by atoms with E-state index in [0.717, 1.165) is 17.0 Å². The first-order valence-corrected chi connectivity index (χ1v) is 9.72. The molecule has 1 fully saturated rings. The van der Waals surface area contributed by atoms with E-state index in [4.69, 9.17) is 4.74 Å². The van der Waals surface area contributed by atoms with Crippen LogP contribution in [0, 0.1) is 13.8 Å². The van der Waals surface area contributed by atoms with E-state index in [2.05, 4.69) is 6.58 Å².